The van der Waals surface area contributed by atoms with Gasteiger partial charge in [0, 0.05) is 26.2 Å². The molecule has 3 heterocycles. The minimum Gasteiger partial charge on any atom is -0.481 e. The van der Waals surface area contributed by atoms with Crippen molar-refractivity contribution in [3.8, 4) is 0 Å². The molecule has 25 heavy (non-hydrogen) atoms. The fraction of sp³-hybridized carbons (Fsp3) is 0.529. The Morgan fingerprint density at radius 1 is 1.20 bits per heavy atom. The van der Waals surface area contributed by atoms with E-state index in [2.05, 4.69) is 14.9 Å². The highest BCUT2D eigenvalue weighted by atomic mass is 32.1. The highest BCUT2D eigenvalue weighted by molar-refractivity contribution is 7.16. The van der Waals surface area contributed by atoms with Gasteiger partial charge in [-0.3, -0.25) is 9.59 Å². The first-order valence-corrected chi connectivity index (χ1v) is 9.24. The second kappa shape index (κ2) is 5.66. The van der Waals surface area contributed by atoms with E-state index in [-0.39, 0.29) is 5.91 Å². The summed E-state index contributed by atoms with van der Waals surface area (Å²) in [5, 5.41) is 12.3. The topological polar surface area (TPSA) is 86.6 Å². The zero-order chi connectivity index (χ0) is 17.8. The predicted molar refractivity (Wildman–Crippen MR) is 94.6 cm³/mol. The van der Waals surface area contributed by atoms with Crippen LogP contribution in [0.1, 0.15) is 13.8 Å². The van der Waals surface area contributed by atoms with Crippen LogP contribution in [-0.4, -0.2) is 58.0 Å². The molecule has 1 N–H and O–H groups in total. The van der Waals surface area contributed by atoms with E-state index >= 15 is 0 Å². The molecule has 1 aliphatic carbocycles. The molecular weight excluding hydrogens is 340 g/mol. The number of aromatic nitrogens is 2. The zero-order valence-electron chi connectivity index (χ0n) is 14.2. The Balaban J connectivity index is 1.45. The van der Waals surface area contributed by atoms with Gasteiger partial charge in [-0.05, 0) is 16.9 Å². The first-order valence-electron chi connectivity index (χ1n) is 8.36. The van der Waals surface area contributed by atoms with Crippen molar-refractivity contribution in [1.82, 2.24) is 14.9 Å². The van der Waals surface area contributed by atoms with E-state index in [1.165, 1.54) is 0 Å². The maximum atomic E-state index is 12.7. The van der Waals surface area contributed by atoms with Crippen LogP contribution < -0.4 is 4.90 Å². The standard InChI is InChI=1S/C17H20N4O3S/c1-17(2)11(12(17)16(23)24)15(22)21-6-4-20(5-7-21)13-10-3-8-25-14(10)19-9-18-13/h3,8-9,11-12H,4-7H2,1-2H3,(H,23,24)/t11-,12+/m1/s1. The van der Waals surface area contributed by atoms with E-state index in [0.717, 1.165) is 16.0 Å². The summed E-state index contributed by atoms with van der Waals surface area (Å²) in [6.07, 6.45) is 1.58. The minimum absolute atomic E-state index is 0.0274. The van der Waals surface area contributed by atoms with Gasteiger partial charge in [-0.1, -0.05) is 13.8 Å². The fourth-order valence-corrected chi connectivity index (χ4v) is 4.65. The van der Waals surface area contributed by atoms with Crippen LogP contribution in [0.5, 0.6) is 0 Å². The molecule has 0 unspecified atom stereocenters. The second-order valence-corrected chi connectivity index (χ2v) is 8.16. The molecule has 1 saturated heterocycles. The summed E-state index contributed by atoms with van der Waals surface area (Å²) in [4.78, 5) is 37.7. The average molecular weight is 360 g/mol. The molecule has 0 spiro atoms. The van der Waals surface area contributed by atoms with Gasteiger partial charge in [0.25, 0.3) is 0 Å². The number of amides is 1. The molecule has 8 heteroatoms. The van der Waals surface area contributed by atoms with Gasteiger partial charge in [-0.15, -0.1) is 11.3 Å². The molecular formula is C17H20N4O3S. The summed E-state index contributed by atoms with van der Waals surface area (Å²) >= 11 is 1.59. The summed E-state index contributed by atoms with van der Waals surface area (Å²) in [7, 11) is 0. The Morgan fingerprint density at radius 3 is 2.56 bits per heavy atom. The van der Waals surface area contributed by atoms with E-state index in [0.29, 0.717) is 26.2 Å². The minimum atomic E-state index is -0.872. The molecule has 132 valence electrons. The second-order valence-electron chi connectivity index (χ2n) is 7.26. The number of carboxylic acid groups (broad SMARTS) is 1. The lowest BCUT2D eigenvalue weighted by Crippen LogP contribution is -2.50. The number of rotatable bonds is 3. The normalized spacial score (nSPS) is 25.2. The number of aliphatic carboxylic acids is 1. The molecule has 4 rings (SSSR count). The molecule has 7 nitrogen and oxygen atoms in total. The van der Waals surface area contributed by atoms with Crippen molar-refractivity contribution in [1.29, 1.82) is 0 Å². The van der Waals surface area contributed by atoms with Gasteiger partial charge in [0.15, 0.2) is 0 Å². The van der Waals surface area contributed by atoms with Crippen molar-refractivity contribution < 1.29 is 14.7 Å². The van der Waals surface area contributed by atoms with Crippen LogP contribution in [0, 0.1) is 17.3 Å². The van der Waals surface area contributed by atoms with Crippen LogP contribution in [0.25, 0.3) is 10.2 Å². The van der Waals surface area contributed by atoms with Gasteiger partial charge < -0.3 is 14.9 Å². The third kappa shape index (κ3) is 2.55. The molecule has 2 fully saturated rings. The molecule has 0 aromatic carbocycles. The van der Waals surface area contributed by atoms with Gasteiger partial charge in [0.1, 0.15) is 17.0 Å². The number of anilines is 1. The van der Waals surface area contributed by atoms with Crippen LogP contribution in [-0.2, 0) is 9.59 Å². The van der Waals surface area contributed by atoms with Crippen molar-refractivity contribution in [2.45, 2.75) is 13.8 Å². The highest BCUT2D eigenvalue weighted by Gasteiger charge is 2.66. The predicted octanol–water partition coefficient (Wildman–Crippen LogP) is 1.70. The zero-order valence-corrected chi connectivity index (χ0v) is 15.0. The maximum absolute atomic E-state index is 12.7. The molecule has 1 amide bonds. The molecule has 1 aliphatic heterocycles. The summed E-state index contributed by atoms with van der Waals surface area (Å²) < 4.78 is 0. The lowest BCUT2D eigenvalue weighted by atomic mass is 10.1. The van der Waals surface area contributed by atoms with Crippen molar-refractivity contribution in [2.75, 3.05) is 31.1 Å². The van der Waals surface area contributed by atoms with Crippen LogP contribution >= 0.6 is 11.3 Å². The Kier molecular flexibility index (Phi) is 3.68. The van der Waals surface area contributed by atoms with Gasteiger partial charge in [0.05, 0.1) is 17.2 Å². The SMILES string of the molecule is CC1(C)[C@H](C(=O)O)[C@@H]1C(=O)N1CCN(c2ncnc3sccc23)CC1. The van der Waals surface area contributed by atoms with Crippen molar-refractivity contribution in [3.63, 3.8) is 0 Å². The number of carbonyl (C=O) groups excluding carboxylic acids is 1. The molecule has 2 atom stereocenters. The number of carboxylic acids is 1. The molecule has 1 saturated carbocycles. The van der Waals surface area contributed by atoms with Crippen molar-refractivity contribution >= 4 is 39.2 Å². The summed E-state index contributed by atoms with van der Waals surface area (Å²) in [5.74, 6) is -0.957. The van der Waals surface area contributed by atoms with Crippen molar-refractivity contribution in [3.05, 3.63) is 17.8 Å². The Hall–Kier alpha value is -2.22. The van der Waals surface area contributed by atoms with E-state index in [9.17, 15) is 14.7 Å². The quantitative estimate of drug-likeness (QED) is 0.896. The monoisotopic (exact) mass is 360 g/mol. The number of thiophene rings is 1. The van der Waals surface area contributed by atoms with Gasteiger partial charge in [0.2, 0.25) is 5.91 Å². The third-order valence-electron chi connectivity index (χ3n) is 5.49. The van der Waals surface area contributed by atoms with Crippen molar-refractivity contribution in [2.24, 2.45) is 17.3 Å². The van der Waals surface area contributed by atoms with Crippen LogP contribution in [0.3, 0.4) is 0 Å². The van der Waals surface area contributed by atoms with E-state index < -0.39 is 23.2 Å². The Labute approximate surface area is 149 Å². The fourth-order valence-electron chi connectivity index (χ4n) is 3.92. The number of fused-ring (bicyclic) bond motifs is 1. The van der Waals surface area contributed by atoms with E-state index in [1.807, 2.05) is 25.3 Å². The first kappa shape index (κ1) is 16.3. The summed E-state index contributed by atoms with van der Waals surface area (Å²) in [5.41, 5.74) is -0.449. The summed E-state index contributed by atoms with van der Waals surface area (Å²) in [6.45, 7) is 6.29. The lowest BCUT2D eigenvalue weighted by Gasteiger charge is -2.36. The first-order chi connectivity index (χ1) is 11.9. The molecule has 0 radical (unpaired) electrons. The molecule has 2 aliphatic rings. The maximum Gasteiger partial charge on any atom is 0.307 e. The number of piperazine rings is 1. The number of nitrogens with zero attached hydrogens (tertiary/aromatic N) is 4. The van der Waals surface area contributed by atoms with Crippen LogP contribution in [0.4, 0.5) is 5.82 Å². The van der Waals surface area contributed by atoms with E-state index in [1.54, 1.807) is 22.6 Å². The Morgan fingerprint density at radius 2 is 1.92 bits per heavy atom. The molecule has 2 aromatic heterocycles. The van der Waals surface area contributed by atoms with Gasteiger partial charge >= 0.3 is 5.97 Å². The lowest BCUT2D eigenvalue weighted by molar-refractivity contribution is -0.142. The highest BCUT2D eigenvalue weighted by Crippen LogP contribution is 2.59. The van der Waals surface area contributed by atoms with Gasteiger partial charge in [-0.25, -0.2) is 9.97 Å². The summed E-state index contributed by atoms with van der Waals surface area (Å²) in [6, 6.07) is 2.02. The Bertz CT molecular complexity index is 841. The number of hydrogen-bond acceptors (Lipinski definition) is 6. The third-order valence-corrected chi connectivity index (χ3v) is 6.31. The largest absolute Gasteiger partial charge is 0.481 e. The van der Waals surface area contributed by atoms with Crippen LogP contribution in [0.15, 0.2) is 17.8 Å². The number of hydrogen-bond donors (Lipinski definition) is 1. The average Bonchev–Trinajstić information content (AvgIpc) is 2.94. The van der Waals surface area contributed by atoms with Gasteiger partial charge in [-0.2, -0.15) is 0 Å². The smallest absolute Gasteiger partial charge is 0.307 e. The van der Waals surface area contributed by atoms with Crippen LogP contribution in [0.2, 0.25) is 0 Å². The molecule has 2 aromatic rings. The number of carbonyl (C=O) groups is 2. The van der Waals surface area contributed by atoms with E-state index in [4.69, 9.17) is 0 Å². The molecule has 0 bridgehead atoms.